The molecule has 2 saturated carbocycles. The van der Waals surface area contributed by atoms with Gasteiger partial charge in [-0.05, 0) is 37.5 Å². The molecular weight excluding hydrogens is 148 g/mol. The highest BCUT2D eigenvalue weighted by molar-refractivity contribution is 4.87. The van der Waals surface area contributed by atoms with Crippen LogP contribution in [0.1, 0.15) is 39.0 Å². The Labute approximate surface area is 75.5 Å². The van der Waals surface area contributed by atoms with Crippen molar-refractivity contribution in [3.8, 4) is 0 Å². The normalized spacial score (nSPS) is 40.2. The van der Waals surface area contributed by atoms with Crippen molar-refractivity contribution in [3.05, 3.63) is 0 Å². The summed E-state index contributed by atoms with van der Waals surface area (Å²) < 4.78 is 5.48. The lowest BCUT2D eigenvalue weighted by atomic mass is 10.0. The molecule has 0 bridgehead atoms. The molecule has 1 nitrogen and oxygen atoms in total. The summed E-state index contributed by atoms with van der Waals surface area (Å²) in [6.07, 6.45) is 7.44. The first-order valence-electron chi connectivity index (χ1n) is 5.48. The summed E-state index contributed by atoms with van der Waals surface area (Å²) in [7, 11) is 0. The largest absolute Gasteiger partial charge is 0.381 e. The minimum absolute atomic E-state index is 0.895. The maximum Gasteiger partial charge on any atom is 0.0494 e. The highest BCUT2D eigenvalue weighted by Gasteiger charge is 2.36. The van der Waals surface area contributed by atoms with Gasteiger partial charge >= 0.3 is 0 Å². The van der Waals surface area contributed by atoms with Gasteiger partial charge in [-0.3, -0.25) is 0 Å². The fourth-order valence-electron chi connectivity index (χ4n) is 3.11. The van der Waals surface area contributed by atoms with Gasteiger partial charge in [0.1, 0.15) is 0 Å². The predicted octanol–water partition coefficient (Wildman–Crippen LogP) is 2.85. The van der Waals surface area contributed by atoms with Crippen LogP contribution in [0.4, 0.5) is 0 Å². The molecule has 12 heavy (non-hydrogen) atoms. The van der Waals surface area contributed by atoms with Gasteiger partial charge in [0.2, 0.25) is 0 Å². The summed E-state index contributed by atoms with van der Waals surface area (Å²) in [6.45, 7) is 4.02. The summed E-state index contributed by atoms with van der Waals surface area (Å²) in [6, 6.07) is 0. The van der Waals surface area contributed by atoms with Crippen molar-refractivity contribution in [3.63, 3.8) is 0 Å². The summed E-state index contributed by atoms with van der Waals surface area (Å²) in [5, 5.41) is 0. The van der Waals surface area contributed by atoms with Crippen LogP contribution in [0.2, 0.25) is 0 Å². The van der Waals surface area contributed by atoms with Crippen LogP contribution in [0.25, 0.3) is 0 Å². The van der Waals surface area contributed by atoms with Gasteiger partial charge in [0.05, 0.1) is 0 Å². The molecule has 0 saturated heterocycles. The van der Waals surface area contributed by atoms with E-state index >= 15 is 0 Å². The van der Waals surface area contributed by atoms with Gasteiger partial charge in [-0.25, -0.2) is 0 Å². The molecule has 70 valence electrons. The van der Waals surface area contributed by atoms with Crippen molar-refractivity contribution in [2.45, 2.75) is 39.0 Å². The molecule has 0 amide bonds. The molecule has 2 fully saturated rings. The molecule has 0 aromatic rings. The molecule has 2 aliphatic carbocycles. The molecule has 2 atom stereocenters. The second kappa shape index (κ2) is 3.78. The smallest absolute Gasteiger partial charge is 0.0494 e. The summed E-state index contributed by atoms with van der Waals surface area (Å²) in [5.74, 6) is 3.06. The quantitative estimate of drug-likeness (QED) is 0.629. The van der Waals surface area contributed by atoms with Crippen LogP contribution < -0.4 is 0 Å². The van der Waals surface area contributed by atoms with Crippen LogP contribution >= 0.6 is 0 Å². The molecule has 0 radical (unpaired) electrons. The molecule has 0 aliphatic heterocycles. The van der Waals surface area contributed by atoms with Crippen molar-refractivity contribution < 1.29 is 4.74 Å². The lowest BCUT2D eigenvalue weighted by molar-refractivity contribution is 0.109. The van der Waals surface area contributed by atoms with Crippen molar-refractivity contribution in [1.29, 1.82) is 0 Å². The van der Waals surface area contributed by atoms with Gasteiger partial charge in [-0.1, -0.05) is 19.3 Å². The zero-order valence-corrected chi connectivity index (χ0v) is 8.09. The molecule has 0 spiro atoms. The maximum absolute atomic E-state index is 5.48. The molecule has 2 unspecified atom stereocenters. The highest BCUT2D eigenvalue weighted by Crippen LogP contribution is 2.46. The van der Waals surface area contributed by atoms with Crippen LogP contribution in [0, 0.1) is 17.8 Å². The van der Waals surface area contributed by atoms with E-state index in [-0.39, 0.29) is 0 Å². The Balaban J connectivity index is 1.75. The SMILES string of the molecule is CCOCC1CC2CCCC2C1. The molecule has 2 rings (SSSR count). The third-order valence-corrected chi connectivity index (χ3v) is 3.65. The maximum atomic E-state index is 5.48. The van der Waals surface area contributed by atoms with E-state index in [4.69, 9.17) is 4.74 Å². The molecule has 0 heterocycles. The summed E-state index contributed by atoms with van der Waals surface area (Å²) in [5.41, 5.74) is 0. The van der Waals surface area contributed by atoms with Gasteiger partial charge in [-0.15, -0.1) is 0 Å². The van der Waals surface area contributed by atoms with Gasteiger partial charge in [-0.2, -0.15) is 0 Å². The number of ether oxygens (including phenoxy) is 1. The van der Waals surface area contributed by atoms with E-state index in [9.17, 15) is 0 Å². The van der Waals surface area contributed by atoms with Crippen LogP contribution in [-0.2, 0) is 4.74 Å². The monoisotopic (exact) mass is 168 g/mol. The van der Waals surface area contributed by atoms with E-state index in [2.05, 4.69) is 6.92 Å². The van der Waals surface area contributed by atoms with E-state index in [1.807, 2.05) is 0 Å². The molecule has 0 aromatic carbocycles. The molecular formula is C11H20O. The molecule has 2 aliphatic rings. The second-order valence-corrected chi connectivity index (χ2v) is 4.45. The zero-order valence-electron chi connectivity index (χ0n) is 8.09. The Kier molecular flexibility index (Phi) is 2.69. The van der Waals surface area contributed by atoms with Crippen molar-refractivity contribution in [2.75, 3.05) is 13.2 Å². The Morgan fingerprint density at radius 1 is 1.17 bits per heavy atom. The van der Waals surface area contributed by atoms with E-state index in [1.54, 1.807) is 0 Å². The minimum atomic E-state index is 0.895. The first-order chi connectivity index (χ1) is 5.90. The van der Waals surface area contributed by atoms with Gasteiger partial charge < -0.3 is 4.74 Å². The first-order valence-corrected chi connectivity index (χ1v) is 5.48. The number of hydrogen-bond acceptors (Lipinski definition) is 1. The fraction of sp³-hybridized carbons (Fsp3) is 1.00. The van der Waals surface area contributed by atoms with E-state index < -0.39 is 0 Å². The van der Waals surface area contributed by atoms with Crippen LogP contribution in [0.15, 0.2) is 0 Å². The summed E-state index contributed by atoms with van der Waals surface area (Å²) in [4.78, 5) is 0. The Bertz CT molecular complexity index is 132. The van der Waals surface area contributed by atoms with Crippen molar-refractivity contribution in [2.24, 2.45) is 17.8 Å². The minimum Gasteiger partial charge on any atom is -0.381 e. The van der Waals surface area contributed by atoms with Crippen LogP contribution in [-0.4, -0.2) is 13.2 Å². The van der Waals surface area contributed by atoms with Crippen molar-refractivity contribution in [1.82, 2.24) is 0 Å². The Morgan fingerprint density at radius 2 is 1.83 bits per heavy atom. The first kappa shape index (κ1) is 8.55. The predicted molar refractivity (Wildman–Crippen MR) is 50.0 cm³/mol. The Morgan fingerprint density at radius 3 is 2.42 bits per heavy atom. The lowest BCUT2D eigenvalue weighted by Crippen LogP contribution is -2.06. The lowest BCUT2D eigenvalue weighted by Gasteiger charge is -2.09. The highest BCUT2D eigenvalue weighted by atomic mass is 16.5. The van der Waals surface area contributed by atoms with Gasteiger partial charge in [0.25, 0.3) is 0 Å². The fourth-order valence-corrected chi connectivity index (χ4v) is 3.11. The van der Waals surface area contributed by atoms with Crippen LogP contribution in [0.5, 0.6) is 0 Å². The number of hydrogen-bond donors (Lipinski definition) is 0. The van der Waals surface area contributed by atoms with Crippen LogP contribution in [0.3, 0.4) is 0 Å². The van der Waals surface area contributed by atoms with Gasteiger partial charge in [0.15, 0.2) is 0 Å². The molecule has 0 aromatic heterocycles. The Hall–Kier alpha value is -0.0400. The third-order valence-electron chi connectivity index (χ3n) is 3.65. The van der Waals surface area contributed by atoms with Gasteiger partial charge in [0, 0.05) is 13.2 Å². The van der Waals surface area contributed by atoms with E-state index in [1.165, 1.54) is 32.1 Å². The third kappa shape index (κ3) is 1.66. The average molecular weight is 168 g/mol. The zero-order chi connectivity index (χ0) is 8.39. The number of rotatable bonds is 3. The van der Waals surface area contributed by atoms with Crippen molar-refractivity contribution >= 4 is 0 Å². The molecule has 1 heteroatoms. The topological polar surface area (TPSA) is 9.23 Å². The molecule has 0 N–H and O–H groups in total. The van der Waals surface area contributed by atoms with E-state index in [0.717, 1.165) is 31.0 Å². The standard InChI is InChI=1S/C11H20O/c1-2-12-8-9-6-10-4-3-5-11(10)7-9/h9-11H,2-8H2,1H3. The second-order valence-electron chi connectivity index (χ2n) is 4.45. The average Bonchev–Trinajstić information content (AvgIpc) is 2.58. The van der Waals surface area contributed by atoms with E-state index in [0.29, 0.717) is 0 Å². The number of fused-ring (bicyclic) bond motifs is 1. The summed E-state index contributed by atoms with van der Waals surface area (Å²) >= 11 is 0.